The minimum Gasteiger partial charge on any atom is -0.312 e. The molecule has 1 aliphatic rings. The van der Waals surface area contributed by atoms with Gasteiger partial charge in [0.15, 0.2) is 0 Å². The van der Waals surface area contributed by atoms with Crippen molar-refractivity contribution in [2.75, 3.05) is 19.6 Å². The number of hydrogen-bond acceptors (Lipinski definition) is 2. The van der Waals surface area contributed by atoms with Crippen LogP contribution in [-0.2, 0) is 0 Å². The lowest BCUT2D eigenvalue weighted by Gasteiger charge is -2.38. The molecule has 1 saturated heterocycles. The van der Waals surface area contributed by atoms with E-state index in [-0.39, 0.29) is 6.04 Å². The van der Waals surface area contributed by atoms with Crippen LogP contribution in [-0.4, -0.2) is 30.6 Å². The van der Waals surface area contributed by atoms with Crippen LogP contribution in [0.1, 0.15) is 24.1 Å². The van der Waals surface area contributed by atoms with E-state index in [0.717, 1.165) is 29.7 Å². The van der Waals surface area contributed by atoms with Gasteiger partial charge < -0.3 is 5.32 Å². The van der Waals surface area contributed by atoms with Gasteiger partial charge in [-0.05, 0) is 42.3 Å². The van der Waals surface area contributed by atoms with Crippen molar-refractivity contribution in [2.24, 2.45) is 0 Å². The van der Waals surface area contributed by atoms with Gasteiger partial charge in [-0.15, -0.1) is 0 Å². The first kappa shape index (κ1) is 15.8. The quantitative estimate of drug-likeness (QED) is 0.896. The summed E-state index contributed by atoms with van der Waals surface area (Å²) in [5.41, 5.74) is 2.53. The fraction of sp³-hybridized carbons (Fsp3) is 0.333. The first-order chi connectivity index (χ1) is 10.6. The second-order valence-corrected chi connectivity index (χ2v) is 6.73. The highest BCUT2D eigenvalue weighted by molar-refractivity contribution is 6.30. The Morgan fingerprint density at radius 1 is 0.955 bits per heavy atom. The molecular weight excluding hydrogens is 315 g/mol. The lowest BCUT2D eigenvalue weighted by molar-refractivity contribution is 0.170. The van der Waals surface area contributed by atoms with Crippen molar-refractivity contribution >= 4 is 23.2 Å². The third-order valence-corrected chi connectivity index (χ3v) is 4.64. The standard InChI is InChI=1S/C18H20Cl2N2/c1-13-12-22(11-10-21-13)18(14-2-6-16(19)7-3-14)15-4-8-17(20)9-5-15/h2-9,13,18,21H,10-12H2,1H3. The second kappa shape index (κ2) is 7.01. The Hall–Kier alpha value is -1.06. The highest BCUT2D eigenvalue weighted by Crippen LogP contribution is 2.31. The van der Waals surface area contributed by atoms with Crippen LogP contribution in [0, 0.1) is 0 Å². The van der Waals surface area contributed by atoms with Crippen molar-refractivity contribution in [3.05, 3.63) is 69.7 Å². The van der Waals surface area contributed by atoms with Gasteiger partial charge in [-0.3, -0.25) is 4.90 Å². The molecule has 0 radical (unpaired) electrons. The number of benzene rings is 2. The predicted molar refractivity (Wildman–Crippen MR) is 93.8 cm³/mol. The molecule has 22 heavy (non-hydrogen) atoms. The second-order valence-electron chi connectivity index (χ2n) is 5.86. The van der Waals surface area contributed by atoms with Gasteiger partial charge in [0.2, 0.25) is 0 Å². The fourth-order valence-corrected chi connectivity index (χ4v) is 3.35. The molecule has 116 valence electrons. The van der Waals surface area contributed by atoms with E-state index >= 15 is 0 Å². The van der Waals surface area contributed by atoms with Crippen LogP contribution >= 0.6 is 23.2 Å². The Morgan fingerprint density at radius 3 is 1.91 bits per heavy atom. The lowest BCUT2D eigenvalue weighted by Crippen LogP contribution is -2.50. The summed E-state index contributed by atoms with van der Waals surface area (Å²) in [6, 6.07) is 17.1. The molecule has 0 spiro atoms. The topological polar surface area (TPSA) is 15.3 Å². The van der Waals surface area contributed by atoms with E-state index < -0.39 is 0 Å². The zero-order valence-corrected chi connectivity index (χ0v) is 14.1. The Morgan fingerprint density at radius 2 is 1.45 bits per heavy atom. The summed E-state index contributed by atoms with van der Waals surface area (Å²) in [5.74, 6) is 0. The van der Waals surface area contributed by atoms with Crippen LogP contribution < -0.4 is 5.32 Å². The zero-order valence-electron chi connectivity index (χ0n) is 12.6. The summed E-state index contributed by atoms with van der Waals surface area (Å²) in [6.45, 7) is 5.29. The van der Waals surface area contributed by atoms with Gasteiger partial charge in [0.05, 0.1) is 6.04 Å². The zero-order chi connectivity index (χ0) is 15.5. The molecule has 3 rings (SSSR count). The Bertz CT molecular complexity index is 564. The molecule has 0 saturated carbocycles. The summed E-state index contributed by atoms with van der Waals surface area (Å²) in [6.07, 6.45) is 0. The molecule has 1 atom stereocenters. The molecule has 0 aromatic heterocycles. The van der Waals surface area contributed by atoms with Gasteiger partial charge in [0.25, 0.3) is 0 Å². The monoisotopic (exact) mass is 334 g/mol. The first-order valence-corrected chi connectivity index (χ1v) is 8.37. The fourth-order valence-electron chi connectivity index (χ4n) is 3.10. The molecule has 1 heterocycles. The van der Waals surface area contributed by atoms with E-state index in [9.17, 15) is 0 Å². The van der Waals surface area contributed by atoms with E-state index in [1.807, 2.05) is 24.3 Å². The average molecular weight is 335 g/mol. The number of halogens is 2. The number of nitrogens with one attached hydrogen (secondary N) is 1. The van der Waals surface area contributed by atoms with E-state index in [0.29, 0.717) is 6.04 Å². The van der Waals surface area contributed by atoms with Gasteiger partial charge in [0, 0.05) is 35.7 Å². The van der Waals surface area contributed by atoms with Gasteiger partial charge in [-0.2, -0.15) is 0 Å². The van der Waals surface area contributed by atoms with Gasteiger partial charge in [-0.1, -0.05) is 47.5 Å². The molecule has 0 aliphatic carbocycles. The largest absolute Gasteiger partial charge is 0.312 e. The Balaban J connectivity index is 1.97. The SMILES string of the molecule is CC1CN(C(c2ccc(Cl)cc2)c2ccc(Cl)cc2)CCN1. The van der Waals surface area contributed by atoms with E-state index in [1.165, 1.54) is 11.1 Å². The van der Waals surface area contributed by atoms with Gasteiger partial charge in [0.1, 0.15) is 0 Å². The normalized spacial score (nSPS) is 19.5. The van der Waals surface area contributed by atoms with Crippen LogP contribution in [0.3, 0.4) is 0 Å². The van der Waals surface area contributed by atoms with E-state index in [1.54, 1.807) is 0 Å². The van der Waals surface area contributed by atoms with Crippen LogP contribution in [0.2, 0.25) is 10.0 Å². The summed E-state index contributed by atoms with van der Waals surface area (Å²) in [4.78, 5) is 2.52. The molecule has 1 unspecified atom stereocenters. The molecule has 1 N–H and O–H groups in total. The number of piperazine rings is 1. The molecule has 1 aliphatic heterocycles. The summed E-state index contributed by atoms with van der Waals surface area (Å²) in [7, 11) is 0. The Labute approximate surface area is 142 Å². The molecule has 2 aromatic rings. The maximum absolute atomic E-state index is 6.05. The molecule has 0 amide bonds. The average Bonchev–Trinajstić information content (AvgIpc) is 2.51. The summed E-state index contributed by atoms with van der Waals surface area (Å²) < 4.78 is 0. The van der Waals surface area contributed by atoms with Gasteiger partial charge >= 0.3 is 0 Å². The maximum Gasteiger partial charge on any atom is 0.0602 e. The summed E-state index contributed by atoms with van der Waals surface area (Å²) >= 11 is 12.1. The van der Waals surface area contributed by atoms with Crippen LogP contribution in [0.5, 0.6) is 0 Å². The van der Waals surface area contributed by atoms with Crippen LogP contribution in [0.15, 0.2) is 48.5 Å². The molecule has 2 nitrogen and oxygen atoms in total. The highest BCUT2D eigenvalue weighted by atomic mass is 35.5. The molecule has 1 fully saturated rings. The molecular formula is C18H20Cl2N2. The van der Waals surface area contributed by atoms with Crippen molar-refractivity contribution in [3.8, 4) is 0 Å². The van der Waals surface area contributed by atoms with Crippen molar-refractivity contribution in [1.82, 2.24) is 10.2 Å². The molecule has 4 heteroatoms. The number of rotatable bonds is 3. The van der Waals surface area contributed by atoms with E-state index in [2.05, 4.69) is 41.4 Å². The maximum atomic E-state index is 6.05. The molecule has 0 bridgehead atoms. The van der Waals surface area contributed by atoms with Crippen molar-refractivity contribution in [3.63, 3.8) is 0 Å². The van der Waals surface area contributed by atoms with Crippen molar-refractivity contribution < 1.29 is 0 Å². The van der Waals surface area contributed by atoms with Crippen molar-refractivity contribution in [1.29, 1.82) is 0 Å². The minimum absolute atomic E-state index is 0.235. The number of hydrogen-bond donors (Lipinski definition) is 1. The highest BCUT2D eigenvalue weighted by Gasteiger charge is 2.26. The third kappa shape index (κ3) is 3.64. The summed E-state index contributed by atoms with van der Waals surface area (Å²) in [5, 5.41) is 5.05. The predicted octanol–water partition coefficient (Wildman–Crippen LogP) is 4.38. The minimum atomic E-state index is 0.235. The van der Waals surface area contributed by atoms with Gasteiger partial charge in [-0.25, -0.2) is 0 Å². The van der Waals surface area contributed by atoms with Crippen molar-refractivity contribution in [2.45, 2.75) is 19.0 Å². The first-order valence-electron chi connectivity index (χ1n) is 7.62. The lowest BCUT2D eigenvalue weighted by atomic mass is 9.96. The molecule has 2 aromatic carbocycles. The van der Waals surface area contributed by atoms with Crippen LogP contribution in [0.25, 0.3) is 0 Å². The van der Waals surface area contributed by atoms with Crippen LogP contribution in [0.4, 0.5) is 0 Å². The Kier molecular flexibility index (Phi) is 5.04. The smallest absolute Gasteiger partial charge is 0.0602 e. The van der Waals surface area contributed by atoms with E-state index in [4.69, 9.17) is 23.2 Å². The third-order valence-electron chi connectivity index (χ3n) is 4.14. The number of nitrogens with zero attached hydrogens (tertiary/aromatic N) is 1.